The second-order valence-corrected chi connectivity index (χ2v) is 8.68. The summed E-state index contributed by atoms with van der Waals surface area (Å²) in [6.07, 6.45) is -0.114. The molecular weight excluding hydrogens is 386 g/mol. The van der Waals surface area contributed by atoms with Crippen molar-refractivity contribution in [3.8, 4) is 5.75 Å². The summed E-state index contributed by atoms with van der Waals surface area (Å²) in [6.45, 7) is 11.9. The summed E-state index contributed by atoms with van der Waals surface area (Å²) in [7, 11) is 0. The van der Waals surface area contributed by atoms with E-state index in [4.69, 9.17) is 9.47 Å². The fourth-order valence-corrected chi connectivity index (χ4v) is 3.07. The zero-order valence-corrected chi connectivity index (χ0v) is 18.7. The van der Waals surface area contributed by atoms with Crippen molar-refractivity contribution >= 4 is 17.9 Å². The molecule has 0 aromatic heterocycles. The summed E-state index contributed by atoms with van der Waals surface area (Å²) in [4.78, 5) is 38.4. The number of hydrogen-bond donors (Lipinski definition) is 2. The molecule has 1 atom stereocenters. The first-order valence-corrected chi connectivity index (χ1v) is 10.3. The molecular formula is C22H33N3O5. The van der Waals surface area contributed by atoms with Crippen LogP contribution >= 0.6 is 0 Å². The molecule has 0 aliphatic carbocycles. The van der Waals surface area contributed by atoms with Crippen molar-refractivity contribution in [1.29, 1.82) is 0 Å². The maximum atomic E-state index is 12.4. The molecule has 0 radical (unpaired) electrons. The Hall–Kier alpha value is -2.77. The highest BCUT2D eigenvalue weighted by molar-refractivity contribution is 5.85. The van der Waals surface area contributed by atoms with E-state index in [9.17, 15) is 14.4 Å². The van der Waals surface area contributed by atoms with E-state index in [0.717, 1.165) is 11.1 Å². The van der Waals surface area contributed by atoms with Crippen molar-refractivity contribution in [2.75, 3.05) is 13.1 Å². The maximum Gasteiger partial charge on any atom is 0.410 e. The molecule has 0 saturated carbocycles. The number of nitrogens with one attached hydrogen (secondary N) is 2. The summed E-state index contributed by atoms with van der Waals surface area (Å²) in [6, 6.07) is 5.65. The van der Waals surface area contributed by atoms with Gasteiger partial charge < -0.3 is 14.4 Å². The number of benzene rings is 1. The van der Waals surface area contributed by atoms with Crippen LogP contribution in [-0.4, -0.2) is 47.6 Å². The standard InChI is InChI=1S/C22H33N3O5/c1-14-8-7-9-18(15(14)2)29-16(3)19(26)23-24-20(27)17-10-12-25(13-11-17)21(28)30-22(4,5)6/h7-9,16-17H,10-13H2,1-6H3,(H,23,26)(H,24,27). The van der Waals surface area contributed by atoms with Crippen LogP contribution in [0.3, 0.4) is 0 Å². The molecule has 1 aliphatic rings. The number of ether oxygens (including phenoxy) is 2. The third-order valence-corrected chi connectivity index (χ3v) is 5.05. The normalized spacial score (nSPS) is 15.9. The molecule has 1 heterocycles. The van der Waals surface area contributed by atoms with Gasteiger partial charge in [-0.25, -0.2) is 4.79 Å². The molecule has 0 spiro atoms. The quantitative estimate of drug-likeness (QED) is 0.732. The van der Waals surface area contributed by atoms with Crippen molar-refractivity contribution in [1.82, 2.24) is 15.8 Å². The third-order valence-electron chi connectivity index (χ3n) is 5.05. The number of amides is 3. The van der Waals surface area contributed by atoms with Gasteiger partial charge in [0.1, 0.15) is 11.4 Å². The number of carbonyl (C=O) groups is 3. The van der Waals surface area contributed by atoms with Crippen molar-refractivity contribution in [3.05, 3.63) is 29.3 Å². The number of carbonyl (C=O) groups excluding carboxylic acids is 3. The van der Waals surface area contributed by atoms with Gasteiger partial charge in [-0.1, -0.05) is 12.1 Å². The molecule has 2 N–H and O–H groups in total. The fraction of sp³-hybridized carbons (Fsp3) is 0.591. The highest BCUT2D eigenvalue weighted by Gasteiger charge is 2.30. The van der Waals surface area contributed by atoms with Gasteiger partial charge in [0.15, 0.2) is 6.10 Å². The Morgan fingerprint density at radius 1 is 1.10 bits per heavy atom. The van der Waals surface area contributed by atoms with Crippen LogP contribution < -0.4 is 15.6 Å². The molecule has 166 valence electrons. The molecule has 30 heavy (non-hydrogen) atoms. The third kappa shape index (κ3) is 6.64. The number of hydrogen-bond acceptors (Lipinski definition) is 5. The Kier molecular flexibility index (Phi) is 7.70. The number of nitrogens with zero attached hydrogens (tertiary/aromatic N) is 1. The predicted molar refractivity (Wildman–Crippen MR) is 113 cm³/mol. The minimum atomic E-state index is -0.764. The summed E-state index contributed by atoms with van der Waals surface area (Å²) in [5, 5.41) is 0. The van der Waals surface area contributed by atoms with Gasteiger partial charge in [0.2, 0.25) is 5.91 Å². The molecule has 1 aromatic carbocycles. The van der Waals surface area contributed by atoms with Crippen LogP contribution in [0.1, 0.15) is 51.7 Å². The number of likely N-dealkylation sites (tertiary alicyclic amines) is 1. The molecule has 1 aromatic rings. The summed E-state index contributed by atoms with van der Waals surface area (Å²) < 4.78 is 11.1. The Bertz CT molecular complexity index is 779. The summed E-state index contributed by atoms with van der Waals surface area (Å²) in [5.74, 6) is -0.348. The van der Waals surface area contributed by atoms with Gasteiger partial charge in [0.05, 0.1) is 0 Å². The molecule has 8 heteroatoms. The zero-order chi connectivity index (χ0) is 22.5. The van der Waals surface area contributed by atoms with Crippen LogP contribution in [0.2, 0.25) is 0 Å². The van der Waals surface area contributed by atoms with Gasteiger partial charge in [-0.15, -0.1) is 0 Å². The van der Waals surface area contributed by atoms with E-state index in [1.807, 2.05) is 52.8 Å². The monoisotopic (exact) mass is 419 g/mol. The van der Waals surface area contributed by atoms with Crippen molar-refractivity contribution in [3.63, 3.8) is 0 Å². The Balaban J connectivity index is 1.77. The van der Waals surface area contributed by atoms with E-state index >= 15 is 0 Å². The number of piperidine rings is 1. The zero-order valence-electron chi connectivity index (χ0n) is 18.7. The first-order valence-electron chi connectivity index (χ1n) is 10.3. The first kappa shape index (κ1) is 23.5. The molecule has 0 bridgehead atoms. The van der Waals surface area contributed by atoms with Crippen LogP contribution in [0.4, 0.5) is 4.79 Å². The lowest BCUT2D eigenvalue weighted by atomic mass is 9.96. The van der Waals surface area contributed by atoms with Crippen molar-refractivity contribution in [2.24, 2.45) is 5.92 Å². The fourth-order valence-electron chi connectivity index (χ4n) is 3.07. The Morgan fingerprint density at radius 2 is 1.73 bits per heavy atom. The van der Waals surface area contributed by atoms with E-state index in [-0.39, 0.29) is 17.9 Å². The van der Waals surface area contributed by atoms with Crippen molar-refractivity contribution in [2.45, 2.75) is 66.1 Å². The van der Waals surface area contributed by atoms with Gasteiger partial charge in [-0.2, -0.15) is 0 Å². The van der Waals surface area contributed by atoms with Gasteiger partial charge in [-0.3, -0.25) is 20.4 Å². The minimum absolute atomic E-state index is 0.272. The average molecular weight is 420 g/mol. The van der Waals surface area contributed by atoms with Crippen LogP contribution in [0.5, 0.6) is 5.75 Å². The van der Waals surface area contributed by atoms with Crippen LogP contribution in [-0.2, 0) is 14.3 Å². The molecule has 1 aliphatic heterocycles. The second kappa shape index (κ2) is 9.82. The number of aryl methyl sites for hydroxylation is 1. The number of rotatable bonds is 4. The van der Waals surface area contributed by atoms with E-state index in [1.165, 1.54) is 0 Å². The van der Waals surface area contributed by atoms with Crippen molar-refractivity contribution < 1.29 is 23.9 Å². The smallest absolute Gasteiger partial charge is 0.410 e. The van der Waals surface area contributed by atoms with E-state index in [2.05, 4.69) is 10.9 Å². The summed E-state index contributed by atoms with van der Waals surface area (Å²) in [5.41, 5.74) is 6.40. The van der Waals surface area contributed by atoms with Crippen LogP contribution in [0, 0.1) is 19.8 Å². The first-order chi connectivity index (χ1) is 14.0. The van der Waals surface area contributed by atoms with Crippen LogP contribution in [0.25, 0.3) is 0 Å². The lowest BCUT2D eigenvalue weighted by molar-refractivity contribution is -0.135. The lowest BCUT2D eigenvalue weighted by Gasteiger charge is -2.32. The van der Waals surface area contributed by atoms with Gasteiger partial charge in [-0.05, 0) is 71.6 Å². The van der Waals surface area contributed by atoms with E-state index in [0.29, 0.717) is 31.7 Å². The topological polar surface area (TPSA) is 97.0 Å². The van der Waals surface area contributed by atoms with Gasteiger partial charge >= 0.3 is 6.09 Å². The SMILES string of the molecule is Cc1cccc(OC(C)C(=O)NNC(=O)C2CCN(C(=O)OC(C)(C)C)CC2)c1C. The number of hydrazine groups is 1. The molecule has 1 unspecified atom stereocenters. The lowest BCUT2D eigenvalue weighted by Crippen LogP contribution is -2.51. The Morgan fingerprint density at radius 3 is 2.33 bits per heavy atom. The molecule has 2 rings (SSSR count). The minimum Gasteiger partial charge on any atom is -0.481 e. The molecule has 1 saturated heterocycles. The highest BCUT2D eigenvalue weighted by Crippen LogP contribution is 2.22. The largest absolute Gasteiger partial charge is 0.481 e. The predicted octanol–water partition coefficient (Wildman–Crippen LogP) is 2.87. The Labute approximate surface area is 178 Å². The van der Waals surface area contributed by atoms with Gasteiger partial charge in [0.25, 0.3) is 5.91 Å². The van der Waals surface area contributed by atoms with Crippen LogP contribution in [0.15, 0.2) is 18.2 Å². The van der Waals surface area contributed by atoms with Gasteiger partial charge in [0, 0.05) is 19.0 Å². The maximum absolute atomic E-state index is 12.4. The average Bonchev–Trinajstić information content (AvgIpc) is 2.68. The summed E-state index contributed by atoms with van der Waals surface area (Å²) >= 11 is 0. The van der Waals surface area contributed by atoms with E-state index in [1.54, 1.807) is 11.8 Å². The molecule has 3 amide bonds. The molecule has 1 fully saturated rings. The highest BCUT2D eigenvalue weighted by atomic mass is 16.6. The van der Waals surface area contributed by atoms with E-state index < -0.39 is 17.6 Å². The second-order valence-electron chi connectivity index (χ2n) is 8.68. The molecule has 8 nitrogen and oxygen atoms in total.